The molecule has 0 aliphatic carbocycles. The Labute approximate surface area is 170 Å². The summed E-state index contributed by atoms with van der Waals surface area (Å²) in [6, 6.07) is 16.5. The van der Waals surface area contributed by atoms with E-state index >= 15 is 0 Å². The van der Waals surface area contributed by atoms with Gasteiger partial charge in [-0.05, 0) is 74.2 Å². The van der Waals surface area contributed by atoms with Gasteiger partial charge in [-0.25, -0.2) is 0 Å². The van der Waals surface area contributed by atoms with E-state index in [1.807, 2.05) is 44.2 Å². The third-order valence-corrected chi connectivity index (χ3v) is 4.82. The Bertz CT molecular complexity index is 1010. The molecule has 0 atom stereocenters. The number of hydrogen-bond acceptors (Lipinski definition) is 3. The van der Waals surface area contributed by atoms with Crippen LogP contribution in [0.2, 0.25) is 5.02 Å². The number of pyridine rings is 1. The summed E-state index contributed by atoms with van der Waals surface area (Å²) in [7, 11) is 0. The minimum absolute atomic E-state index is 0.200. The van der Waals surface area contributed by atoms with Crippen LogP contribution in [0.1, 0.15) is 39.2 Å². The molecule has 1 amide bonds. The maximum atomic E-state index is 12.4. The fraction of sp³-hybridized carbons (Fsp3) is 0.174. The van der Waals surface area contributed by atoms with Gasteiger partial charge < -0.3 is 10.7 Å². The molecule has 3 rings (SSSR count). The van der Waals surface area contributed by atoms with E-state index in [1.54, 1.807) is 30.5 Å². The molecule has 0 bridgehead atoms. The maximum absolute atomic E-state index is 12.4. The highest BCUT2D eigenvalue weighted by atomic mass is 35.5. The molecule has 0 fully saturated rings. The number of anilines is 1. The lowest BCUT2D eigenvalue weighted by atomic mass is 9.97. The van der Waals surface area contributed by atoms with Crippen LogP contribution < -0.4 is 5.32 Å². The van der Waals surface area contributed by atoms with E-state index in [0.717, 1.165) is 28.1 Å². The van der Waals surface area contributed by atoms with E-state index < -0.39 is 0 Å². The molecule has 2 N–H and O–H groups in total. The Morgan fingerprint density at radius 3 is 2.64 bits per heavy atom. The molecule has 0 saturated heterocycles. The summed E-state index contributed by atoms with van der Waals surface area (Å²) in [5, 5.41) is 11.9. The second-order valence-corrected chi connectivity index (χ2v) is 7.17. The van der Waals surface area contributed by atoms with Crippen molar-refractivity contribution in [2.45, 2.75) is 26.7 Å². The van der Waals surface area contributed by atoms with Crippen LogP contribution in [0.3, 0.4) is 0 Å². The average molecular weight is 392 g/mol. The number of carbonyl (C=O) groups is 1. The number of rotatable bonds is 6. The van der Waals surface area contributed by atoms with Gasteiger partial charge in [0.25, 0.3) is 5.91 Å². The molecule has 5 heteroatoms. The number of benzene rings is 2. The molecule has 0 saturated carbocycles. The number of hydrogen-bond donors (Lipinski definition) is 2. The van der Waals surface area contributed by atoms with Gasteiger partial charge >= 0.3 is 0 Å². The average Bonchev–Trinajstić information content (AvgIpc) is 2.66. The van der Waals surface area contributed by atoms with Gasteiger partial charge in [0.2, 0.25) is 0 Å². The Morgan fingerprint density at radius 2 is 1.89 bits per heavy atom. The van der Waals surface area contributed by atoms with E-state index in [4.69, 9.17) is 17.0 Å². The Morgan fingerprint density at radius 1 is 1.11 bits per heavy atom. The molecule has 28 heavy (non-hydrogen) atoms. The molecule has 0 spiro atoms. The number of halogens is 1. The van der Waals surface area contributed by atoms with Crippen molar-refractivity contribution in [3.8, 4) is 0 Å². The first kappa shape index (κ1) is 19.8. The number of carbonyl (C=O) groups excluding carboxylic acids is 1. The zero-order chi connectivity index (χ0) is 20.1. The van der Waals surface area contributed by atoms with Gasteiger partial charge in [-0.1, -0.05) is 29.8 Å². The highest BCUT2D eigenvalue weighted by molar-refractivity contribution is 6.31. The molecular formula is C23H22ClN3O. The summed E-state index contributed by atoms with van der Waals surface area (Å²) in [6.45, 7) is 3.94. The Balaban J connectivity index is 1.66. The molecule has 4 nitrogen and oxygen atoms in total. The van der Waals surface area contributed by atoms with Crippen LogP contribution in [0, 0.1) is 19.3 Å². The second kappa shape index (κ2) is 8.81. The monoisotopic (exact) mass is 391 g/mol. The normalized spacial score (nSPS) is 10.5. The Hall–Kier alpha value is -2.98. The zero-order valence-corrected chi connectivity index (χ0v) is 16.7. The highest BCUT2D eigenvalue weighted by Gasteiger charge is 2.10. The van der Waals surface area contributed by atoms with E-state index in [0.29, 0.717) is 29.1 Å². The first-order valence-corrected chi connectivity index (χ1v) is 9.47. The van der Waals surface area contributed by atoms with Crippen LogP contribution in [0.25, 0.3) is 0 Å². The number of amides is 1. The first-order valence-electron chi connectivity index (χ1n) is 9.10. The number of aromatic nitrogens is 1. The predicted octanol–water partition coefficient (Wildman–Crippen LogP) is 5.60. The summed E-state index contributed by atoms with van der Waals surface area (Å²) >= 11 is 5.96. The van der Waals surface area contributed by atoms with Crippen molar-refractivity contribution >= 4 is 28.9 Å². The van der Waals surface area contributed by atoms with Crippen molar-refractivity contribution in [3.63, 3.8) is 0 Å². The summed E-state index contributed by atoms with van der Waals surface area (Å²) in [5.74, 6) is -0.200. The van der Waals surface area contributed by atoms with Crippen molar-refractivity contribution in [1.82, 2.24) is 4.98 Å². The van der Waals surface area contributed by atoms with E-state index in [2.05, 4.69) is 10.3 Å². The number of nitrogens with one attached hydrogen (secondary N) is 2. The van der Waals surface area contributed by atoms with E-state index in [9.17, 15) is 4.79 Å². The van der Waals surface area contributed by atoms with Crippen molar-refractivity contribution in [2.75, 3.05) is 5.32 Å². The van der Waals surface area contributed by atoms with Crippen molar-refractivity contribution < 1.29 is 4.79 Å². The van der Waals surface area contributed by atoms with Crippen molar-refractivity contribution in [2.24, 2.45) is 0 Å². The fourth-order valence-corrected chi connectivity index (χ4v) is 3.37. The minimum Gasteiger partial charge on any atom is -0.322 e. The van der Waals surface area contributed by atoms with Gasteiger partial charge in [0.15, 0.2) is 0 Å². The lowest BCUT2D eigenvalue weighted by Gasteiger charge is -2.11. The predicted molar refractivity (Wildman–Crippen MR) is 115 cm³/mol. The van der Waals surface area contributed by atoms with Crippen LogP contribution >= 0.6 is 11.6 Å². The number of aryl methyl sites for hydroxylation is 3. The molecule has 3 aromatic rings. The molecule has 0 unspecified atom stereocenters. The summed E-state index contributed by atoms with van der Waals surface area (Å²) in [5.41, 5.74) is 5.76. The third-order valence-electron chi connectivity index (χ3n) is 4.59. The van der Waals surface area contributed by atoms with Gasteiger partial charge in [0, 0.05) is 39.4 Å². The largest absolute Gasteiger partial charge is 0.322 e. The van der Waals surface area contributed by atoms with E-state index in [1.165, 1.54) is 0 Å². The van der Waals surface area contributed by atoms with Crippen LogP contribution in [-0.2, 0) is 6.42 Å². The third kappa shape index (κ3) is 4.84. The molecule has 1 heterocycles. The van der Waals surface area contributed by atoms with Gasteiger partial charge in [-0.15, -0.1) is 0 Å². The fourth-order valence-electron chi connectivity index (χ4n) is 3.18. The summed E-state index contributed by atoms with van der Waals surface area (Å²) in [4.78, 5) is 16.7. The van der Waals surface area contributed by atoms with Crippen LogP contribution in [0.15, 0.2) is 60.8 Å². The summed E-state index contributed by atoms with van der Waals surface area (Å²) in [6.07, 6.45) is 3.10. The maximum Gasteiger partial charge on any atom is 0.255 e. The van der Waals surface area contributed by atoms with Gasteiger partial charge in [-0.3, -0.25) is 9.78 Å². The van der Waals surface area contributed by atoms with Gasteiger partial charge in [-0.2, -0.15) is 0 Å². The topological polar surface area (TPSA) is 65.8 Å². The minimum atomic E-state index is -0.200. The number of nitrogens with zero attached hydrogens (tertiary/aromatic N) is 1. The molecular weight excluding hydrogens is 370 g/mol. The second-order valence-electron chi connectivity index (χ2n) is 6.73. The SMILES string of the molecule is Cc1ccnc(C)c1C(=N)CCc1cccc(NC(=O)c2cccc(Cl)c2)c1. The molecule has 1 aromatic heterocycles. The van der Waals surface area contributed by atoms with Crippen molar-refractivity contribution in [3.05, 3.63) is 93.8 Å². The van der Waals surface area contributed by atoms with Crippen molar-refractivity contribution in [1.29, 1.82) is 5.41 Å². The van der Waals surface area contributed by atoms with Gasteiger partial charge in [0.05, 0.1) is 0 Å². The molecule has 2 aromatic carbocycles. The quantitative estimate of drug-likeness (QED) is 0.536. The van der Waals surface area contributed by atoms with Crippen LogP contribution in [0.5, 0.6) is 0 Å². The molecule has 0 radical (unpaired) electrons. The molecule has 142 valence electrons. The van der Waals surface area contributed by atoms with Gasteiger partial charge in [0.1, 0.15) is 0 Å². The van der Waals surface area contributed by atoms with E-state index in [-0.39, 0.29) is 5.91 Å². The first-order chi connectivity index (χ1) is 13.4. The van der Waals surface area contributed by atoms with Crippen LogP contribution in [-0.4, -0.2) is 16.6 Å². The molecule has 0 aliphatic heterocycles. The molecule has 0 aliphatic rings. The van der Waals surface area contributed by atoms with Crippen LogP contribution in [0.4, 0.5) is 5.69 Å². The smallest absolute Gasteiger partial charge is 0.255 e. The standard InChI is InChI=1S/C23H22ClN3O/c1-15-11-12-26-16(2)22(15)21(25)10-9-17-5-3-8-20(13-17)27-23(28)18-6-4-7-19(24)14-18/h3-8,11-14,25H,9-10H2,1-2H3,(H,27,28). The Kier molecular flexibility index (Phi) is 6.22. The highest BCUT2D eigenvalue weighted by Crippen LogP contribution is 2.18. The lowest BCUT2D eigenvalue weighted by Crippen LogP contribution is -2.12. The lowest BCUT2D eigenvalue weighted by molar-refractivity contribution is 0.102. The zero-order valence-electron chi connectivity index (χ0n) is 15.9. The summed E-state index contributed by atoms with van der Waals surface area (Å²) < 4.78 is 0.